The molecular weight excluding hydrogens is 192 g/mol. The molecule has 0 fully saturated rings. The minimum absolute atomic E-state index is 0.0591. The third-order valence-corrected chi connectivity index (χ3v) is 2.02. The first-order valence-electron chi connectivity index (χ1n) is 5.08. The molecule has 0 amide bonds. The molecule has 1 heterocycles. The Bertz CT molecular complexity index is 290. The molecule has 0 aliphatic rings. The number of nitrogens with zero attached hydrogens (tertiary/aromatic N) is 1. The molecule has 84 valence electrons. The lowest BCUT2D eigenvalue weighted by atomic mass is 10.1. The molecule has 1 rings (SSSR count). The SMILES string of the molecule is COCCCOc1ncccc1[C@@H](C)N. The van der Waals surface area contributed by atoms with Crippen LogP contribution in [0.1, 0.15) is 24.9 Å². The highest BCUT2D eigenvalue weighted by atomic mass is 16.5. The van der Waals surface area contributed by atoms with Gasteiger partial charge in [-0.3, -0.25) is 0 Å². The van der Waals surface area contributed by atoms with Crippen molar-refractivity contribution in [1.29, 1.82) is 0 Å². The van der Waals surface area contributed by atoms with Crippen molar-refractivity contribution >= 4 is 0 Å². The van der Waals surface area contributed by atoms with Gasteiger partial charge in [-0.25, -0.2) is 4.98 Å². The second kappa shape index (κ2) is 6.37. The van der Waals surface area contributed by atoms with Crippen LogP contribution in [0.3, 0.4) is 0 Å². The number of ether oxygens (including phenoxy) is 2. The van der Waals surface area contributed by atoms with E-state index in [2.05, 4.69) is 4.98 Å². The normalized spacial score (nSPS) is 12.5. The first-order valence-corrected chi connectivity index (χ1v) is 5.08. The maximum Gasteiger partial charge on any atom is 0.218 e. The summed E-state index contributed by atoms with van der Waals surface area (Å²) in [5, 5.41) is 0. The second-order valence-electron chi connectivity index (χ2n) is 3.38. The maximum atomic E-state index is 5.80. The number of nitrogens with two attached hydrogens (primary N) is 1. The van der Waals surface area contributed by atoms with Crippen molar-refractivity contribution in [3.8, 4) is 5.88 Å². The molecular formula is C11H18N2O2. The summed E-state index contributed by atoms with van der Waals surface area (Å²) in [6.07, 6.45) is 2.56. The van der Waals surface area contributed by atoms with E-state index in [1.165, 1.54) is 0 Å². The summed E-state index contributed by atoms with van der Waals surface area (Å²) in [7, 11) is 1.67. The fourth-order valence-corrected chi connectivity index (χ4v) is 1.24. The Labute approximate surface area is 90.4 Å². The zero-order chi connectivity index (χ0) is 11.1. The molecule has 0 saturated carbocycles. The quantitative estimate of drug-likeness (QED) is 0.723. The predicted molar refractivity (Wildman–Crippen MR) is 58.8 cm³/mol. The van der Waals surface area contributed by atoms with Crippen LogP contribution in [0.5, 0.6) is 5.88 Å². The first kappa shape index (κ1) is 11.9. The summed E-state index contributed by atoms with van der Waals surface area (Å²) in [4.78, 5) is 4.15. The molecule has 0 bridgehead atoms. The molecule has 4 nitrogen and oxygen atoms in total. The molecule has 0 radical (unpaired) electrons. The molecule has 0 unspecified atom stereocenters. The van der Waals surface area contributed by atoms with Crippen LogP contribution in [0.4, 0.5) is 0 Å². The summed E-state index contributed by atoms with van der Waals surface area (Å²) in [6.45, 7) is 3.21. The Morgan fingerprint density at radius 1 is 1.47 bits per heavy atom. The molecule has 1 aromatic heterocycles. The van der Waals surface area contributed by atoms with Crippen LogP contribution >= 0.6 is 0 Å². The van der Waals surface area contributed by atoms with Crippen molar-refractivity contribution in [1.82, 2.24) is 4.98 Å². The van der Waals surface area contributed by atoms with Gasteiger partial charge in [-0.05, 0) is 13.0 Å². The second-order valence-corrected chi connectivity index (χ2v) is 3.38. The highest BCUT2D eigenvalue weighted by Crippen LogP contribution is 2.20. The molecule has 0 aromatic carbocycles. The van der Waals surface area contributed by atoms with E-state index in [1.54, 1.807) is 13.3 Å². The van der Waals surface area contributed by atoms with E-state index in [-0.39, 0.29) is 6.04 Å². The topological polar surface area (TPSA) is 57.4 Å². The zero-order valence-corrected chi connectivity index (χ0v) is 9.27. The van der Waals surface area contributed by atoms with Crippen molar-refractivity contribution < 1.29 is 9.47 Å². The van der Waals surface area contributed by atoms with Gasteiger partial charge in [0.15, 0.2) is 0 Å². The van der Waals surface area contributed by atoms with Crippen molar-refractivity contribution in [2.24, 2.45) is 5.73 Å². The molecule has 0 spiro atoms. The number of pyridine rings is 1. The van der Waals surface area contributed by atoms with Gasteiger partial charge in [-0.2, -0.15) is 0 Å². The molecule has 2 N–H and O–H groups in total. The fraction of sp³-hybridized carbons (Fsp3) is 0.545. The largest absolute Gasteiger partial charge is 0.477 e. The van der Waals surface area contributed by atoms with E-state index >= 15 is 0 Å². The molecule has 0 aliphatic heterocycles. The van der Waals surface area contributed by atoms with Crippen molar-refractivity contribution in [2.75, 3.05) is 20.3 Å². The average molecular weight is 210 g/mol. The lowest BCUT2D eigenvalue weighted by molar-refractivity contribution is 0.170. The van der Waals surface area contributed by atoms with Crippen LogP contribution in [0.2, 0.25) is 0 Å². The van der Waals surface area contributed by atoms with Crippen LogP contribution in [-0.4, -0.2) is 25.3 Å². The first-order chi connectivity index (χ1) is 7.25. The van der Waals surface area contributed by atoms with Crippen LogP contribution in [-0.2, 0) is 4.74 Å². The van der Waals surface area contributed by atoms with Gasteiger partial charge >= 0.3 is 0 Å². The standard InChI is InChI=1S/C11H18N2O2/c1-9(12)10-5-3-6-13-11(10)15-8-4-7-14-2/h3,5-6,9H,4,7-8,12H2,1-2H3/t9-/m1/s1. The van der Waals surface area contributed by atoms with Gasteiger partial charge in [-0.15, -0.1) is 0 Å². The number of hydrogen-bond donors (Lipinski definition) is 1. The summed E-state index contributed by atoms with van der Waals surface area (Å²) >= 11 is 0. The molecule has 0 aliphatic carbocycles. The number of hydrogen-bond acceptors (Lipinski definition) is 4. The Morgan fingerprint density at radius 3 is 2.93 bits per heavy atom. The molecule has 0 saturated heterocycles. The van der Waals surface area contributed by atoms with Crippen LogP contribution in [0, 0.1) is 0 Å². The van der Waals surface area contributed by atoms with Crippen LogP contribution in [0.25, 0.3) is 0 Å². The van der Waals surface area contributed by atoms with Gasteiger partial charge in [0, 0.05) is 37.9 Å². The van der Waals surface area contributed by atoms with E-state index in [4.69, 9.17) is 15.2 Å². The third-order valence-electron chi connectivity index (χ3n) is 2.02. The molecule has 15 heavy (non-hydrogen) atoms. The van der Waals surface area contributed by atoms with Gasteiger partial charge in [-0.1, -0.05) is 6.07 Å². The zero-order valence-electron chi connectivity index (χ0n) is 9.27. The predicted octanol–water partition coefficient (Wildman–Crippen LogP) is 1.52. The Hall–Kier alpha value is -1.13. The highest BCUT2D eigenvalue weighted by Gasteiger charge is 2.07. The van der Waals surface area contributed by atoms with E-state index in [0.717, 1.165) is 12.0 Å². The lowest BCUT2D eigenvalue weighted by Crippen LogP contribution is -2.10. The minimum atomic E-state index is -0.0591. The lowest BCUT2D eigenvalue weighted by Gasteiger charge is -2.12. The molecule has 1 atom stereocenters. The molecule has 1 aromatic rings. The Balaban J connectivity index is 2.52. The van der Waals surface area contributed by atoms with Crippen LogP contribution in [0.15, 0.2) is 18.3 Å². The van der Waals surface area contributed by atoms with Crippen LogP contribution < -0.4 is 10.5 Å². The summed E-state index contributed by atoms with van der Waals surface area (Å²) in [6, 6.07) is 3.74. The third kappa shape index (κ3) is 3.85. The van der Waals surface area contributed by atoms with Crippen molar-refractivity contribution in [2.45, 2.75) is 19.4 Å². The highest BCUT2D eigenvalue weighted by molar-refractivity contribution is 5.27. The van der Waals surface area contributed by atoms with Gasteiger partial charge in [0.05, 0.1) is 6.61 Å². The Kier molecular flexibility index (Phi) is 5.07. The summed E-state index contributed by atoms with van der Waals surface area (Å²) in [5.41, 5.74) is 6.74. The van der Waals surface area contributed by atoms with Gasteiger partial charge in [0.1, 0.15) is 0 Å². The van der Waals surface area contributed by atoms with E-state index in [1.807, 2.05) is 19.1 Å². The fourth-order valence-electron chi connectivity index (χ4n) is 1.24. The van der Waals surface area contributed by atoms with Gasteiger partial charge in [0.25, 0.3) is 0 Å². The smallest absolute Gasteiger partial charge is 0.218 e. The number of rotatable bonds is 6. The van der Waals surface area contributed by atoms with Crippen molar-refractivity contribution in [3.63, 3.8) is 0 Å². The monoisotopic (exact) mass is 210 g/mol. The van der Waals surface area contributed by atoms with Gasteiger partial charge in [0.2, 0.25) is 5.88 Å². The van der Waals surface area contributed by atoms with Crippen molar-refractivity contribution in [3.05, 3.63) is 23.9 Å². The maximum absolute atomic E-state index is 5.80. The minimum Gasteiger partial charge on any atom is -0.477 e. The number of aromatic nitrogens is 1. The molecule has 4 heteroatoms. The van der Waals surface area contributed by atoms with E-state index in [0.29, 0.717) is 19.1 Å². The average Bonchev–Trinajstić information content (AvgIpc) is 2.25. The Morgan fingerprint density at radius 2 is 2.27 bits per heavy atom. The van der Waals surface area contributed by atoms with Gasteiger partial charge < -0.3 is 15.2 Å². The summed E-state index contributed by atoms with van der Waals surface area (Å²) in [5.74, 6) is 0.628. The summed E-state index contributed by atoms with van der Waals surface area (Å²) < 4.78 is 10.5. The van der Waals surface area contributed by atoms with E-state index in [9.17, 15) is 0 Å². The van der Waals surface area contributed by atoms with E-state index < -0.39 is 0 Å². The number of methoxy groups -OCH3 is 1.